The summed E-state index contributed by atoms with van der Waals surface area (Å²) < 4.78 is 32.5. The zero-order chi connectivity index (χ0) is 22.2. The van der Waals surface area contributed by atoms with Crippen molar-refractivity contribution in [2.75, 3.05) is 26.3 Å². The minimum absolute atomic E-state index is 0.0584. The van der Waals surface area contributed by atoms with Crippen molar-refractivity contribution in [3.05, 3.63) is 64.7 Å². The van der Waals surface area contributed by atoms with Crippen LogP contribution in [-0.4, -0.2) is 55.9 Å². The molecule has 2 aliphatic heterocycles. The predicted octanol–water partition coefficient (Wildman–Crippen LogP) is 2.33. The molecule has 0 aromatic heterocycles. The van der Waals surface area contributed by atoms with Crippen LogP contribution in [0.3, 0.4) is 0 Å². The van der Waals surface area contributed by atoms with Crippen molar-refractivity contribution in [3.63, 3.8) is 0 Å². The highest BCUT2D eigenvalue weighted by molar-refractivity contribution is 7.89. The molecule has 2 saturated heterocycles. The summed E-state index contributed by atoms with van der Waals surface area (Å²) in [5.74, 6) is -0.452. The average molecular weight is 464 g/mol. The van der Waals surface area contributed by atoms with Crippen molar-refractivity contribution in [3.8, 4) is 0 Å². The fraction of sp³-hybridized carbons (Fsp3) is 0.333. The number of nitrogens with one attached hydrogen (secondary N) is 1. The smallest absolute Gasteiger partial charge is 0.325 e. The van der Waals surface area contributed by atoms with Gasteiger partial charge in [0, 0.05) is 23.7 Å². The van der Waals surface area contributed by atoms with E-state index >= 15 is 0 Å². The molecule has 10 heteroatoms. The second-order valence-electron chi connectivity index (χ2n) is 7.59. The molecule has 2 heterocycles. The second kappa shape index (κ2) is 8.23. The number of rotatable bonds is 5. The Kier molecular flexibility index (Phi) is 5.78. The first-order valence-corrected chi connectivity index (χ1v) is 11.6. The molecule has 8 nitrogen and oxygen atoms in total. The first kappa shape index (κ1) is 21.8. The third kappa shape index (κ3) is 3.94. The van der Waals surface area contributed by atoms with Crippen LogP contribution in [-0.2, 0) is 31.6 Å². The Balaban J connectivity index is 1.59. The Morgan fingerprint density at radius 2 is 1.81 bits per heavy atom. The third-order valence-corrected chi connectivity index (χ3v) is 7.76. The monoisotopic (exact) mass is 463 g/mol. The van der Waals surface area contributed by atoms with Gasteiger partial charge in [-0.1, -0.05) is 41.9 Å². The highest BCUT2D eigenvalue weighted by atomic mass is 35.5. The van der Waals surface area contributed by atoms with Crippen LogP contribution >= 0.6 is 11.6 Å². The quantitative estimate of drug-likeness (QED) is 0.686. The molecule has 0 aliphatic carbocycles. The number of carbonyl (C=O) groups is 2. The van der Waals surface area contributed by atoms with Crippen molar-refractivity contribution in [1.29, 1.82) is 0 Å². The summed E-state index contributed by atoms with van der Waals surface area (Å²) in [5, 5.41) is 3.09. The number of halogens is 1. The molecule has 4 rings (SSSR count). The SMILES string of the molecule is C[C@@]1(c2ccccc2Cl)NC(=O)N(Cc2cccc(S(=O)(=O)N3CCOCC3)c2)C1=O. The Bertz CT molecular complexity index is 1130. The van der Waals surface area contributed by atoms with E-state index in [4.69, 9.17) is 16.3 Å². The summed E-state index contributed by atoms with van der Waals surface area (Å²) in [5.41, 5.74) is -0.269. The van der Waals surface area contributed by atoms with Gasteiger partial charge in [0.15, 0.2) is 0 Å². The van der Waals surface area contributed by atoms with E-state index in [0.29, 0.717) is 29.4 Å². The minimum atomic E-state index is -3.68. The zero-order valence-corrected chi connectivity index (χ0v) is 18.4. The lowest BCUT2D eigenvalue weighted by Gasteiger charge is -2.26. The van der Waals surface area contributed by atoms with Crippen LogP contribution in [0.5, 0.6) is 0 Å². The predicted molar refractivity (Wildman–Crippen MR) is 114 cm³/mol. The molecule has 1 N–H and O–H groups in total. The lowest BCUT2D eigenvalue weighted by Crippen LogP contribution is -2.41. The standard InChI is InChI=1S/C21H22ClN3O5S/c1-21(17-7-2-3-8-18(17)22)19(26)25(20(27)23-21)14-15-5-4-6-16(13-15)31(28,29)24-9-11-30-12-10-24/h2-8,13H,9-12,14H2,1H3,(H,23,27)/t21-/m0/s1. The van der Waals surface area contributed by atoms with Crippen molar-refractivity contribution in [2.45, 2.75) is 23.9 Å². The third-order valence-electron chi connectivity index (χ3n) is 5.53. The minimum Gasteiger partial charge on any atom is -0.379 e. The number of carbonyl (C=O) groups excluding carboxylic acids is 2. The van der Waals surface area contributed by atoms with Gasteiger partial charge in [0.2, 0.25) is 10.0 Å². The molecule has 2 fully saturated rings. The largest absolute Gasteiger partial charge is 0.379 e. The van der Waals surface area contributed by atoms with Crippen LogP contribution in [0, 0.1) is 0 Å². The summed E-state index contributed by atoms with van der Waals surface area (Å²) in [6, 6.07) is 12.6. The molecular formula is C21H22ClN3O5S. The number of imide groups is 1. The Hall–Kier alpha value is -2.46. The van der Waals surface area contributed by atoms with Gasteiger partial charge in [-0.2, -0.15) is 4.31 Å². The number of benzene rings is 2. The first-order chi connectivity index (χ1) is 14.7. The van der Waals surface area contributed by atoms with E-state index < -0.39 is 27.5 Å². The first-order valence-electron chi connectivity index (χ1n) is 9.79. The van der Waals surface area contributed by atoms with E-state index in [-0.39, 0.29) is 24.5 Å². The number of ether oxygens (including phenoxy) is 1. The molecule has 0 spiro atoms. The second-order valence-corrected chi connectivity index (χ2v) is 9.94. The molecule has 0 saturated carbocycles. The summed E-state index contributed by atoms with van der Waals surface area (Å²) in [6.07, 6.45) is 0. The molecule has 31 heavy (non-hydrogen) atoms. The van der Waals surface area contributed by atoms with E-state index in [1.54, 1.807) is 43.3 Å². The summed E-state index contributed by atoms with van der Waals surface area (Å²) in [7, 11) is -3.68. The van der Waals surface area contributed by atoms with Crippen LogP contribution in [0.4, 0.5) is 4.79 Å². The van der Waals surface area contributed by atoms with Crippen molar-refractivity contribution in [2.24, 2.45) is 0 Å². The fourth-order valence-electron chi connectivity index (χ4n) is 3.81. The van der Waals surface area contributed by atoms with Crippen LogP contribution in [0.15, 0.2) is 53.4 Å². The van der Waals surface area contributed by atoms with E-state index in [1.165, 1.54) is 16.4 Å². The molecule has 0 radical (unpaired) electrons. The van der Waals surface area contributed by atoms with E-state index in [1.807, 2.05) is 0 Å². The van der Waals surface area contributed by atoms with Gasteiger partial charge in [-0.25, -0.2) is 13.2 Å². The number of sulfonamides is 1. The fourth-order valence-corrected chi connectivity index (χ4v) is 5.62. The zero-order valence-electron chi connectivity index (χ0n) is 16.9. The maximum absolute atomic E-state index is 13.2. The summed E-state index contributed by atoms with van der Waals surface area (Å²) in [6.45, 7) is 2.82. The molecule has 164 valence electrons. The maximum Gasteiger partial charge on any atom is 0.325 e. The van der Waals surface area contributed by atoms with Crippen molar-refractivity contribution >= 4 is 33.6 Å². The van der Waals surface area contributed by atoms with Crippen molar-refractivity contribution in [1.82, 2.24) is 14.5 Å². The molecule has 0 unspecified atom stereocenters. The molecule has 2 aromatic rings. The van der Waals surface area contributed by atoms with E-state index in [2.05, 4.69) is 5.32 Å². The molecule has 2 aromatic carbocycles. The van der Waals surface area contributed by atoms with E-state index in [0.717, 1.165) is 4.90 Å². The van der Waals surface area contributed by atoms with Crippen LogP contribution in [0.25, 0.3) is 0 Å². The van der Waals surface area contributed by atoms with Gasteiger partial charge < -0.3 is 10.1 Å². The molecule has 3 amide bonds. The average Bonchev–Trinajstić information content (AvgIpc) is 2.98. The maximum atomic E-state index is 13.2. The molecule has 0 bridgehead atoms. The number of morpholine rings is 1. The normalized spacial score (nSPS) is 22.6. The molecular weight excluding hydrogens is 442 g/mol. The Morgan fingerprint density at radius 1 is 1.10 bits per heavy atom. The van der Waals surface area contributed by atoms with Crippen LogP contribution in [0.1, 0.15) is 18.1 Å². The van der Waals surface area contributed by atoms with Crippen LogP contribution < -0.4 is 5.32 Å². The number of amides is 3. The highest BCUT2D eigenvalue weighted by Gasteiger charge is 2.49. The van der Waals surface area contributed by atoms with Gasteiger partial charge in [0.05, 0.1) is 24.7 Å². The number of hydrogen-bond acceptors (Lipinski definition) is 5. The van der Waals surface area contributed by atoms with Gasteiger partial charge in [-0.05, 0) is 30.7 Å². The van der Waals surface area contributed by atoms with Gasteiger partial charge >= 0.3 is 6.03 Å². The van der Waals surface area contributed by atoms with Gasteiger partial charge in [0.25, 0.3) is 5.91 Å². The van der Waals surface area contributed by atoms with Crippen molar-refractivity contribution < 1.29 is 22.7 Å². The molecule has 2 aliphatic rings. The summed E-state index contributed by atoms with van der Waals surface area (Å²) >= 11 is 6.26. The van der Waals surface area contributed by atoms with E-state index in [9.17, 15) is 18.0 Å². The van der Waals surface area contributed by atoms with Crippen LogP contribution in [0.2, 0.25) is 5.02 Å². The lowest BCUT2D eigenvalue weighted by molar-refractivity contribution is -0.131. The molecule has 1 atom stereocenters. The number of nitrogens with zero attached hydrogens (tertiary/aromatic N) is 2. The number of hydrogen-bond donors (Lipinski definition) is 1. The summed E-state index contributed by atoms with van der Waals surface area (Å²) in [4.78, 5) is 27.0. The Morgan fingerprint density at radius 3 is 2.52 bits per heavy atom. The van der Waals surface area contributed by atoms with Gasteiger partial charge in [-0.3, -0.25) is 9.69 Å². The Labute approximate surface area is 185 Å². The number of urea groups is 1. The topological polar surface area (TPSA) is 96.0 Å². The van der Waals surface area contributed by atoms with Gasteiger partial charge in [0.1, 0.15) is 5.54 Å². The highest BCUT2D eigenvalue weighted by Crippen LogP contribution is 2.34. The lowest BCUT2D eigenvalue weighted by atomic mass is 9.92. The van der Waals surface area contributed by atoms with Gasteiger partial charge in [-0.15, -0.1) is 0 Å².